The van der Waals surface area contributed by atoms with Crippen molar-refractivity contribution in [3.05, 3.63) is 34.4 Å². The van der Waals surface area contributed by atoms with Gasteiger partial charge in [0.2, 0.25) is 0 Å². The smallest absolute Gasteiger partial charge is 0.338 e. The first-order chi connectivity index (χ1) is 12.1. The fourth-order valence-corrected chi connectivity index (χ4v) is 4.74. The number of hydrogen-bond donors (Lipinski definition) is 2. The monoisotopic (exact) mass is 344 g/mol. The summed E-state index contributed by atoms with van der Waals surface area (Å²) in [4.78, 5) is 14.1. The molecule has 2 fully saturated rings. The Morgan fingerprint density at radius 3 is 2.68 bits per heavy atom. The molecule has 2 saturated heterocycles. The topological polar surface area (TPSA) is 61.8 Å². The summed E-state index contributed by atoms with van der Waals surface area (Å²) in [6.45, 7) is 7.43. The molecule has 0 saturated carbocycles. The third-order valence-electron chi connectivity index (χ3n) is 6.58. The Balaban J connectivity index is 1.40. The van der Waals surface area contributed by atoms with Gasteiger partial charge < -0.3 is 20.1 Å². The maximum Gasteiger partial charge on any atom is 0.338 e. The number of carbonyl (C=O) groups excluding carboxylic acids is 1. The number of aliphatic hydroxyl groups excluding tert-OH is 1. The van der Waals surface area contributed by atoms with Crippen LogP contribution < -0.4 is 5.32 Å². The van der Waals surface area contributed by atoms with E-state index in [0.717, 1.165) is 42.9 Å². The normalized spacial score (nSPS) is 24.2. The zero-order valence-corrected chi connectivity index (χ0v) is 15.0. The number of β-amino-alcohol motifs (C(OH)–C–C–N with tert-alkyl or cyclic N) is 1. The fraction of sp³-hybridized carbons (Fsp3) is 0.650. The minimum absolute atomic E-state index is 0.248. The molecule has 136 valence electrons. The molecule has 1 aromatic carbocycles. The molecule has 5 heteroatoms. The lowest BCUT2D eigenvalue weighted by Gasteiger charge is -2.44. The van der Waals surface area contributed by atoms with Crippen LogP contribution >= 0.6 is 0 Å². The second kappa shape index (κ2) is 6.71. The van der Waals surface area contributed by atoms with Gasteiger partial charge in [-0.2, -0.15) is 0 Å². The van der Waals surface area contributed by atoms with Crippen molar-refractivity contribution in [2.24, 2.45) is 5.41 Å². The maximum absolute atomic E-state index is 11.7. The van der Waals surface area contributed by atoms with Gasteiger partial charge in [-0.15, -0.1) is 0 Å². The summed E-state index contributed by atoms with van der Waals surface area (Å²) < 4.78 is 5.12. The lowest BCUT2D eigenvalue weighted by molar-refractivity contribution is 0.0415. The number of likely N-dealkylation sites (tertiary alicyclic amines) is 1. The highest BCUT2D eigenvalue weighted by molar-refractivity contribution is 5.93. The summed E-state index contributed by atoms with van der Waals surface area (Å²) in [7, 11) is 0. The standard InChI is InChI=1S/C20H28N2O3/c1-14-15(2-3-16-17(14)13-25-19(16)24)18(23)12-22-10-6-20(7-11-22)4-8-21-9-5-20/h2-3,18,21,23H,4-13H2,1H3/t18-/m0/s1. The average molecular weight is 344 g/mol. The summed E-state index contributed by atoms with van der Waals surface area (Å²) in [5.41, 5.74) is 4.06. The number of hydrogen-bond acceptors (Lipinski definition) is 5. The van der Waals surface area contributed by atoms with Crippen molar-refractivity contribution in [1.29, 1.82) is 0 Å². The molecule has 1 aromatic rings. The third kappa shape index (κ3) is 3.21. The molecule has 0 amide bonds. The van der Waals surface area contributed by atoms with Crippen LogP contribution in [-0.2, 0) is 11.3 Å². The van der Waals surface area contributed by atoms with Crippen LogP contribution in [0.1, 0.15) is 58.8 Å². The van der Waals surface area contributed by atoms with Gasteiger partial charge in [-0.25, -0.2) is 4.79 Å². The van der Waals surface area contributed by atoms with Gasteiger partial charge in [0, 0.05) is 12.1 Å². The van der Waals surface area contributed by atoms with Crippen molar-refractivity contribution in [1.82, 2.24) is 10.2 Å². The van der Waals surface area contributed by atoms with Crippen LogP contribution in [0.15, 0.2) is 12.1 Å². The SMILES string of the molecule is Cc1c([C@@H](O)CN2CCC3(CCNCC3)CC2)ccc2c1COC2=O. The number of carbonyl (C=O) groups is 1. The number of benzene rings is 1. The van der Waals surface area contributed by atoms with Gasteiger partial charge in [-0.05, 0) is 81.4 Å². The van der Waals surface area contributed by atoms with Gasteiger partial charge in [0.25, 0.3) is 0 Å². The number of ether oxygens (including phenoxy) is 1. The predicted molar refractivity (Wildman–Crippen MR) is 95.5 cm³/mol. The van der Waals surface area contributed by atoms with E-state index in [1.807, 2.05) is 13.0 Å². The van der Waals surface area contributed by atoms with Crippen molar-refractivity contribution in [3.8, 4) is 0 Å². The molecule has 1 spiro atoms. The number of cyclic esters (lactones) is 1. The van der Waals surface area contributed by atoms with E-state index >= 15 is 0 Å². The number of nitrogens with one attached hydrogen (secondary N) is 1. The Labute approximate surface area is 149 Å². The van der Waals surface area contributed by atoms with Gasteiger partial charge in [0.15, 0.2) is 0 Å². The van der Waals surface area contributed by atoms with Crippen LogP contribution in [-0.4, -0.2) is 48.7 Å². The molecule has 1 atom stereocenters. The number of piperidine rings is 2. The molecule has 0 aliphatic carbocycles. The first-order valence-corrected chi connectivity index (χ1v) is 9.49. The van der Waals surface area contributed by atoms with Crippen molar-refractivity contribution < 1.29 is 14.6 Å². The largest absolute Gasteiger partial charge is 0.457 e. The molecule has 3 aliphatic heterocycles. The van der Waals surface area contributed by atoms with Crippen LogP contribution in [0.2, 0.25) is 0 Å². The first kappa shape index (κ1) is 17.0. The second-order valence-corrected chi connectivity index (χ2v) is 7.95. The maximum atomic E-state index is 11.7. The van der Waals surface area contributed by atoms with E-state index in [1.165, 1.54) is 25.7 Å². The van der Waals surface area contributed by atoms with Crippen LogP contribution in [0, 0.1) is 12.3 Å². The van der Waals surface area contributed by atoms with E-state index < -0.39 is 6.10 Å². The molecule has 3 heterocycles. The minimum atomic E-state index is -0.511. The molecule has 0 unspecified atom stereocenters. The molecule has 0 aromatic heterocycles. The van der Waals surface area contributed by atoms with Crippen molar-refractivity contribution in [2.75, 3.05) is 32.7 Å². The number of esters is 1. The Kier molecular flexibility index (Phi) is 4.56. The van der Waals surface area contributed by atoms with Crippen molar-refractivity contribution in [2.45, 2.75) is 45.3 Å². The van der Waals surface area contributed by atoms with E-state index in [9.17, 15) is 9.90 Å². The fourth-order valence-electron chi connectivity index (χ4n) is 4.74. The zero-order valence-electron chi connectivity index (χ0n) is 15.0. The van der Waals surface area contributed by atoms with Crippen LogP contribution in [0.4, 0.5) is 0 Å². The highest BCUT2D eigenvalue weighted by Crippen LogP contribution is 2.40. The number of rotatable bonds is 3. The lowest BCUT2D eigenvalue weighted by atomic mass is 9.71. The highest BCUT2D eigenvalue weighted by atomic mass is 16.5. The van der Waals surface area contributed by atoms with Crippen molar-refractivity contribution >= 4 is 5.97 Å². The molecule has 5 nitrogen and oxygen atoms in total. The van der Waals surface area contributed by atoms with Gasteiger partial charge in [-0.1, -0.05) is 6.07 Å². The van der Waals surface area contributed by atoms with E-state index in [0.29, 0.717) is 24.1 Å². The molecule has 25 heavy (non-hydrogen) atoms. The molecule has 3 aliphatic rings. The third-order valence-corrected chi connectivity index (χ3v) is 6.58. The number of aliphatic hydroxyl groups is 1. The predicted octanol–water partition coefficient (Wildman–Crippen LogP) is 2.16. The summed E-state index contributed by atoms with van der Waals surface area (Å²) in [6, 6.07) is 3.69. The molecule has 4 rings (SSSR count). The van der Waals surface area contributed by atoms with E-state index in [-0.39, 0.29) is 5.97 Å². The molecular formula is C20H28N2O3. The Hall–Kier alpha value is -1.43. The van der Waals surface area contributed by atoms with Gasteiger partial charge >= 0.3 is 5.97 Å². The number of nitrogens with zero attached hydrogens (tertiary/aromatic N) is 1. The van der Waals surface area contributed by atoms with E-state index in [1.54, 1.807) is 6.07 Å². The van der Waals surface area contributed by atoms with Gasteiger partial charge in [0.05, 0.1) is 11.7 Å². The summed E-state index contributed by atoms with van der Waals surface area (Å²) in [6.07, 6.45) is 4.56. The first-order valence-electron chi connectivity index (χ1n) is 9.49. The Morgan fingerprint density at radius 1 is 1.24 bits per heavy atom. The Morgan fingerprint density at radius 2 is 1.96 bits per heavy atom. The van der Waals surface area contributed by atoms with Gasteiger partial charge in [-0.3, -0.25) is 0 Å². The molecule has 0 radical (unpaired) electrons. The summed E-state index contributed by atoms with van der Waals surface area (Å²) >= 11 is 0. The van der Waals surface area contributed by atoms with E-state index in [4.69, 9.17) is 4.74 Å². The second-order valence-electron chi connectivity index (χ2n) is 7.95. The average Bonchev–Trinajstić information content (AvgIpc) is 3.00. The van der Waals surface area contributed by atoms with Gasteiger partial charge in [0.1, 0.15) is 6.61 Å². The van der Waals surface area contributed by atoms with Crippen LogP contribution in [0.5, 0.6) is 0 Å². The lowest BCUT2D eigenvalue weighted by Crippen LogP contribution is -2.46. The molecular weight excluding hydrogens is 316 g/mol. The Bertz CT molecular complexity index is 657. The number of fused-ring (bicyclic) bond motifs is 1. The highest BCUT2D eigenvalue weighted by Gasteiger charge is 2.36. The quantitative estimate of drug-likeness (QED) is 0.823. The minimum Gasteiger partial charge on any atom is -0.457 e. The van der Waals surface area contributed by atoms with Crippen LogP contribution in [0.3, 0.4) is 0 Å². The molecule has 0 bridgehead atoms. The summed E-state index contributed by atoms with van der Waals surface area (Å²) in [5.74, 6) is -0.248. The van der Waals surface area contributed by atoms with Crippen LogP contribution in [0.25, 0.3) is 0 Å². The van der Waals surface area contributed by atoms with E-state index in [2.05, 4.69) is 10.2 Å². The molecule has 2 N–H and O–H groups in total. The zero-order chi connectivity index (χ0) is 17.4. The summed E-state index contributed by atoms with van der Waals surface area (Å²) in [5, 5.41) is 14.2. The van der Waals surface area contributed by atoms with Crippen molar-refractivity contribution in [3.63, 3.8) is 0 Å².